The summed E-state index contributed by atoms with van der Waals surface area (Å²) in [7, 11) is -0.825. The van der Waals surface area contributed by atoms with Crippen molar-refractivity contribution in [3.8, 4) is 0 Å². The van der Waals surface area contributed by atoms with Crippen molar-refractivity contribution in [3.05, 3.63) is 0 Å². The van der Waals surface area contributed by atoms with E-state index in [0.29, 0.717) is 12.8 Å². The first-order valence-corrected chi connectivity index (χ1v) is 5.72. The van der Waals surface area contributed by atoms with E-state index in [1.54, 1.807) is 0 Å². The van der Waals surface area contributed by atoms with Gasteiger partial charge in [0.15, 0.2) is 0 Å². The van der Waals surface area contributed by atoms with Crippen LogP contribution in [0.4, 0.5) is 0 Å². The highest BCUT2D eigenvalue weighted by molar-refractivity contribution is 7.86. The second-order valence-electron chi connectivity index (χ2n) is 4.02. The lowest BCUT2D eigenvalue weighted by Gasteiger charge is -2.33. The summed E-state index contributed by atoms with van der Waals surface area (Å²) in [5.74, 6) is -0.943. The van der Waals surface area contributed by atoms with Crippen LogP contribution in [0.5, 0.6) is 0 Å². The van der Waals surface area contributed by atoms with Crippen molar-refractivity contribution in [1.82, 2.24) is 0 Å². The van der Waals surface area contributed by atoms with E-state index in [2.05, 4.69) is 0 Å². The Labute approximate surface area is 79.0 Å². The Morgan fingerprint density at radius 1 is 1.38 bits per heavy atom. The highest BCUT2D eigenvalue weighted by Gasteiger charge is 2.50. The van der Waals surface area contributed by atoms with Crippen LogP contribution in [-0.4, -0.2) is 31.3 Å². The van der Waals surface area contributed by atoms with Crippen LogP contribution in [0, 0.1) is 0 Å². The van der Waals surface area contributed by atoms with Crippen molar-refractivity contribution in [2.75, 3.05) is 0 Å². The zero-order valence-corrected chi connectivity index (χ0v) is 8.05. The molecule has 2 aliphatic rings. The van der Waals surface area contributed by atoms with E-state index in [4.69, 9.17) is 10.8 Å². The fraction of sp³-hybridized carbons (Fsp3) is 0.875. The normalized spacial score (nSPS) is 49.2. The Morgan fingerprint density at radius 2 is 1.85 bits per heavy atom. The average molecular weight is 203 g/mol. The van der Waals surface area contributed by atoms with Crippen molar-refractivity contribution < 1.29 is 14.1 Å². The summed E-state index contributed by atoms with van der Waals surface area (Å²) < 4.78 is 11.6. The minimum absolute atomic E-state index is 0.0276. The van der Waals surface area contributed by atoms with Crippen LogP contribution in [0.1, 0.15) is 25.7 Å². The summed E-state index contributed by atoms with van der Waals surface area (Å²) in [6.45, 7) is 0. The van der Waals surface area contributed by atoms with E-state index in [0.717, 1.165) is 12.8 Å². The quantitative estimate of drug-likeness (QED) is 0.620. The number of carboxylic acids is 1. The van der Waals surface area contributed by atoms with Crippen LogP contribution >= 0.6 is 0 Å². The van der Waals surface area contributed by atoms with Crippen LogP contribution in [0.3, 0.4) is 0 Å². The lowest BCUT2D eigenvalue weighted by molar-refractivity contribution is -0.143. The lowest BCUT2D eigenvalue weighted by atomic mass is 9.91. The van der Waals surface area contributed by atoms with E-state index in [-0.39, 0.29) is 10.5 Å². The maximum atomic E-state index is 11.6. The van der Waals surface area contributed by atoms with Gasteiger partial charge in [-0.1, -0.05) is 0 Å². The number of aliphatic carboxylic acids is 1. The van der Waals surface area contributed by atoms with Crippen molar-refractivity contribution >= 4 is 16.8 Å². The largest absolute Gasteiger partial charge is 0.480 e. The van der Waals surface area contributed by atoms with Gasteiger partial charge in [0.25, 0.3) is 0 Å². The summed E-state index contributed by atoms with van der Waals surface area (Å²) in [6.07, 6.45) is 2.52. The standard InChI is InChI=1S/C8H13NO3S/c9-8(7(10)11)3-5-1-2-6(4-8)13(5)12/h5-6H,1-4,9H2,(H,10,11). The molecule has 2 bridgehead atoms. The van der Waals surface area contributed by atoms with Gasteiger partial charge in [-0.05, 0) is 25.7 Å². The van der Waals surface area contributed by atoms with Crippen LogP contribution in [0.15, 0.2) is 0 Å². The molecule has 2 saturated heterocycles. The third kappa shape index (κ3) is 1.30. The van der Waals surface area contributed by atoms with Gasteiger partial charge in [0.2, 0.25) is 0 Å². The first kappa shape index (κ1) is 9.15. The van der Waals surface area contributed by atoms with Crippen molar-refractivity contribution in [2.24, 2.45) is 5.73 Å². The molecule has 3 N–H and O–H groups in total. The van der Waals surface area contributed by atoms with E-state index >= 15 is 0 Å². The van der Waals surface area contributed by atoms with Gasteiger partial charge >= 0.3 is 5.97 Å². The van der Waals surface area contributed by atoms with Crippen molar-refractivity contribution in [2.45, 2.75) is 41.7 Å². The minimum atomic E-state index is -1.11. The molecule has 2 aliphatic heterocycles. The number of hydrogen-bond donors (Lipinski definition) is 2. The average Bonchev–Trinajstić information content (AvgIpc) is 2.33. The maximum absolute atomic E-state index is 11.6. The first-order valence-electron chi connectivity index (χ1n) is 4.44. The van der Waals surface area contributed by atoms with Gasteiger partial charge in [-0.25, -0.2) is 0 Å². The molecule has 2 unspecified atom stereocenters. The summed E-state index contributed by atoms with van der Waals surface area (Å²) in [4.78, 5) is 10.9. The Morgan fingerprint density at radius 3 is 2.23 bits per heavy atom. The molecule has 2 heterocycles. The summed E-state index contributed by atoms with van der Waals surface area (Å²) >= 11 is 0. The van der Waals surface area contributed by atoms with Crippen LogP contribution < -0.4 is 5.73 Å². The highest BCUT2D eigenvalue weighted by Crippen LogP contribution is 2.39. The zero-order chi connectivity index (χ0) is 9.64. The molecule has 4 nitrogen and oxygen atoms in total. The molecule has 0 amide bonds. The second-order valence-corrected chi connectivity index (χ2v) is 6.01. The molecule has 2 fully saturated rings. The SMILES string of the molecule is NC1(C(=O)O)CC2CCC(C1)S2=O. The van der Waals surface area contributed by atoms with Crippen molar-refractivity contribution in [1.29, 1.82) is 0 Å². The van der Waals surface area contributed by atoms with Gasteiger partial charge in [-0.2, -0.15) is 0 Å². The molecule has 2 atom stereocenters. The molecule has 0 radical (unpaired) electrons. The topological polar surface area (TPSA) is 80.4 Å². The minimum Gasteiger partial charge on any atom is -0.480 e. The number of nitrogens with two attached hydrogens (primary N) is 1. The molecule has 0 aromatic rings. The third-order valence-corrected chi connectivity index (χ3v) is 5.20. The van der Waals surface area contributed by atoms with Gasteiger partial charge in [-0.3, -0.25) is 9.00 Å². The second kappa shape index (κ2) is 2.78. The molecule has 74 valence electrons. The highest BCUT2D eigenvalue weighted by atomic mass is 32.2. The molecule has 0 saturated carbocycles. The van der Waals surface area contributed by atoms with Crippen molar-refractivity contribution in [3.63, 3.8) is 0 Å². The predicted molar refractivity (Wildman–Crippen MR) is 48.7 cm³/mol. The summed E-state index contributed by atoms with van der Waals surface area (Å²) in [5.41, 5.74) is 4.64. The van der Waals surface area contributed by atoms with Crippen LogP contribution in [-0.2, 0) is 15.6 Å². The maximum Gasteiger partial charge on any atom is 0.323 e. The number of carboxylic acid groups (broad SMARTS) is 1. The van der Waals surface area contributed by atoms with Crippen LogP contribution in [0.25, 0.3) is 0 Å². The zero-order valence-electron chi connectivity index (χ0n) is 7.23. The number of carbonyl (C=O) groups is 1. The molecule has 13 heavy (non-hydrogen) atoms. The molecule has 5 heteroatoms. The summed E-state index contributed by atoms with van der Waals surface area (Å²) in [6, 6.07) is 0. The Balaban J connectivity index is 2.23. The monoisotopic (exact) mass is 203 g/mol. The molecule has 0 aromatic heterocycles. The molecular weight excluding hydrogens is 190 g/mol. The Hall–Kier alpha value is -0.420. The third-order valence-electron chi connectivity index (χ3n) is 3.08. The molecular formula is C8H13NO3S. The fourth-order valence-corrected chi connectivity index (χ4v) is 4.52. The smallest absolute Gasteiger partial charge is 0.323 e. The number of hydrogen-bond acceptors (Lipinski definition) is 3. The van der Waals surface area contributed by atoms with Crippen LogP contribution in [0.2, 0.25) is 0 Å². The van der Waals surface area contributed by atoms with E-state index in [1.807, 2.05) is 0 Å². The first-order chi connectivity index (χ1) is 6.03. The Kier molecular flexibility index (Phi) is 1.96. The van der Waals surface area contributed by atoms with E-state index in [9.17, 15) is 9.00 Å². The fourth-order valence-electron chi connectivity index (χ4n) is 2.32. The molecule has 2 rings (SSSR count). The molecule has 0 aromatic carbocycles. The molecule has 0 spiro atoms. The predicted octanol–water partition coefficient (Wildman–Crippen LogP) is -0.158. The number of rotatable bonds is 1. The van der Waals surface area contributed by atoms with Gasteiger partial charge in [0, 0.05) is 21.3 Å². The summed E-state index contributed by atoms with van der Waals surface area (Å²) in [5, 5.41) is 8.98. The van der Waals surface area contributed by atoms with Gasteiger partial charge < -0.3 is 10.8 Å². The lowest BCUT2D eigenvalue weighted by Crippen LogP contribution is -2.55. The molecule has 0 aliphatic carbocycles. The van der Waals surface area contributed by atoms with Gasteiger partial charge in [0.1, 0.15) is 5.54 Å². The van der Waals surface area contributed by atoms with E-state index in [1.165, 1.54) is 0 Å². The van der Waals surface area contributed by atoms with Gasteiger partial charge in [-0.15, -0.1) is 0 Å². The van der Waals surface area contributed by atoms with Gasteiger partial charge in [0.05, 0.1) is 0 Å². The van der Waals surface area contributed by atoms with E-state index < -0.39 is 22.3 Å². The number of fused-ring (bicyclic) bond motifs is 2. The Bertz CT molecular complexity index is 263.